The van der Waals surface area contributed by atoms with Gasteiger partial charge >= 0.3 is 0 Å². The van der Waals surface area contributed by atoms with Gasteiger partial charge in [0.25, 0.3) is 0 Å². The van der Waals surface area contributed by atoms with Gasteiger partial charge in [0.15, 0.2) is 0 Å². The van der Waals surface area contributed by atoms with Gasteiger partial charge in [-0.3, -0.25) is 0 Å². The summed E-state index contributed by atoms with van der Waals surface area (Å²) in [5.74, 6) is 2.87. The number of anilines is 2. The molecular formula is C14H27N5. The molecule has 0 aromatic carbocycles. The molecule has 5 nitrogen and oxygen atoms in total. The van der Waals surface area contributed by atoms with Crippen LogP contribution in [-0.2, 0) is 0 Å². The molecule has 0 aliphatic heterocycles. The molecule has 0 aliphatic rings. The van der Waals surface area contributed by atoms with Gasteiger partial charge in [-0.2, -0.15) is 0 Å². The van der Waals surface area contributed by atoms with Crippen molar-refractivity contribution < 1.29 is 0 Å². The lowest BCUT2D eigenvalue weighted by molar-refractivity contribution is 0.408. The first-order valence-electron chi connectivity index (χ1n) is 6.81. The molecule has 0 bridgehead atoms. The van der Waals surface area contributed by atoms with E-state index in [1.807, 2.05) is 13.8 Å². The van der Waals surface area contributed by atoms with Crippen LogP contribution in [-0.4, -0.2) is 48.6 Å². The fourth-order valence-corrected chi connectivity index (χ4v) is 1.99. The molecule has 19 heavy (non-hydrogen) atoms. The zero-order chi connectivity index (χ0) is 14.6. The Kier molecular flexibility index (Phi) is 5.54. The highest BCUT2D eigenvalue weighted by atomic mass is 15.2. The minimum absolute atomic E-state index is 0.582. The number of aromatic nitrogens is 2. The molecule has 0 fully saturated rings. The van der Waals surface area contributed by atoms with Crippen LogP contribution >= 0.6 is 0 Å². The van der Waals surface area contributed by atoms with E-state index in [4.69, 9.17) is 5.73 Å². The van der Waals surface area contributed by atoms with E-state index in [1.54, 1.807) is 0 Å². The predicted molar refractivity (Wildman–Crippen MR) is 81.5 cm³/mol. The van der Waals surface area contributed by atoms with E-state index in [1.165, 1.54) is 0 Å². The van der Waals surface area contributed by atoms with Crippen LogP contribution in [0.4, 0.5) is 11.6 Å². The molecule has 0 radical (unpaired) electrons. The highest BCUT2D eigenvalue weighted by molar-refractivity contribution is 5.56. The van der Waals surface area contributed by atoms with E-state index < -0.39 is 0 Å². The van der Waals surface area contributed by atoms with Gasteiger partial charge in [0.1, 0.15) is 17.5 Å². The van der Waals surface area contributed by atoms with Crippen LogP contribution < -0.4 is 10.6 Å². The van der Waals surface area contributed by atoms with Crippen molar-refractivity contribution in [1.82, 2.24) is 14.9 Å². The summed E-state index contributed by atoms with van der Waals surface area (Å²) in [6, 6.07) is 0. The Balaban J connectivity index is 3.02. The quantitative estimate of drug-likeness (QED) is 0.848. The molecule has 5 heteroatoms. The average molecular weight is 265 g/mol. The molecule has 1 heterocycles. The first kappa shape index (κ1) is 15.7. The first-order valence-corrected chi connectivity index (χ1v) is 6.81. The number of likely N-dealkylation sites (N-methyl/N-ethyl adjacent to an activating group) is 1. The standard InChI is InChI=1S/C14H27N5/c1-10(2)9-19(8-7-18(5)6)14-11(3)13(15)16-12(4)17-14/h10H,7-9H2,1-6H3,(H2,15,16,17). The Hall–Kier alpha value is -1.36. The zero-order valence-corrected chi connectivity index (χ0v) is 13.1. The lowest BCUT2D eigenvalue weighted by Gasteiger charge is -2.28. The third-order valence-corrected chi connectivity index (χ3v) is 2.97. The summed E-state index contributed by atoms with van der Waals surface area (Å²) in [4.78, 5) is 13.3. The number of aryl methyl sites for hydroxylation is 1. The van der Waals surface area contributed by atoms with Crippen molar-refractivity contribution in [2.45, 2.75) is 27.7 Å². The largest absolute Gasteiger partial charge is 0.383 e. The van der Waals surface area contributed by atoms with Gasteiger partial charge in [-0.15, -0.1) is 0 Å². The molecule has 0 saturated heterocycles. The summed E-state index contributed by atoms with van der Waals surface area (Å²) in [6.07, 6.45) is 0. The predicted octanol–water partition coefficient (Wildman–Crippen LogP) is 1.70. The maximum absolute atomic E-state index is 5.96. The number of hydrogen-bond acceptors (Lipinski definition) is 5. The van der Waals surface area contributed by atoms with E-state index in [-0.39, 0.29) is 0 Å². The van der Waals surface area contributed by atoms with Crippen LogP contribution in [0.5, 0.6) is 0 Å². The van der Waals surface area contributed by atoms with Crippen LogP contribution in [0.2, 0.25) is 0 Å². The first-order chi connectivity index (χ1) is 8.81. The SMILES string of the molecule is Cc1nc(N)c(C)c(N(CCN(C)C)CC(C)C)n1. The Bertz CT molecular complexity index is 415. The summed E-state index contributed by atoms with van der Waals surface area (Å²) in [7, 11) is 4.17. The molecule has 0 amide bonds. The summed E-state index contributed by atoms with van der Waals surface area (Å²) in [6.45, 7) is 11.2. The second-order valence-corrected chi connectivity index (χ2v) is 5.75. The Morgan fingerprint density at radius 3 is 2.26 bits per heavy atom. The van der Waals surface area contributed by atoms with Crippen molar-refractivity contribution in [2.75, 3.05) is 44.4 Å². The van der Waals surface area contributed by atoms with Crippen molar-refractivity contribution in [3.8, 4) is 0 Å². The Morgan fingerprint density at radius 2 is 1.74 bits per heavy atom. The van der Waals surface area contributed by atoms with Gasteiger partial charge in [-0.25, -0.2) is 9.97 Å². The van der Waals surface area contributed by atoms with E-state index in [2.05, 4.69) is 47.7 Å². The molecule has 1 rings (SSSR count). The van der Waals surface area contributed by atoms with Crippen LogP contribution in [0, 0.1) is 19.8 Å². The van der Waals surface area contributed by atoms with Gasteiger partial charge in [-0.05, 0) is 33.9 Å². The Morgan fingerprint density at radius 1 is 1.11 bits per heavy atom. The van der Waals surface area contributed by atoms with Crippen LogP contribution in [0.15, 0.2) is 0 Å². The van der Waals surface area contributed by atoms with E-state index in [0.717, 1.165) is 36.8 Å². The number of nitrogen functional groups attached to an aromatic ring is 1. The molecule has 108 valence electrons. The molecule has 1 aromatic heterocycles. The normalized spacial score (nSPS) is 11.4. The topological polar surface area (TPSA) is 58.3 Å². The number of rotatable bonds is 6. The smallest absolute Gasteiger partial charge is 0.137 e. The van der Waals surface area contributed by atoms with Gasteiger partial charge in [0, 0.05) is 25.2 Å². The molecule has 0 saturated carbocycles. The van der Waals surface area contributed by atoms with Crippen molar-refractivity contribution in [2.24, 2.45) is 5.92 Å². The van der Waals surface area contributed by atoms with E-state index in [0.29, 0.717) is 11.7 Å². The lowest BCUT2D eigenvalue weighted by atomic mass is 10.2. The summed E-state index contributed by atoms with van der Waals surface area (Å²) in [5, 5.41) is 0. The van der Waals surface area contributed by atoms with Gasteiger partial charge in [0.05, 0.1) is 0 Å². The summed E-state index contributed by atoms with van der Waals surface area (Å²) in [5.41, 5.74) is 6.93. The highest BCUT2D eigenvalue weighted by Crippen LogP contribution is 2.22. The fraction of sp³-hybridized carbons (Fsp3) is 0.714. The number of hydrogen-bond donors (Lipinski definition) is 1. The van der Waals surface area contributed by atoms with Gasteiger partial charge in [-0.1, -0.05) is 13.8 Å². The van der Waals surface area contributed by atoms with Crippen molar-refractivity contribution in [3.05, 3.63) is 11.4 Å². The Labute approximate surface area is 116 Å². The molecule has 0 spiro atoms. The van der Waals surface area contributed by atoms with Crippen molar-refractivity contribution >= 4 is 11.6 Å². The third-order valence-electron chi connectivity index (χ3n) is 2.97. The van der Waals surface area contributed by atoms with Gasteiger partial charge < -0.3 is 15.5 Å². The average Bonchev–Trinajstić information content (AvgIpc) is 2.28. The molecule has 0 atom stereocenters. The summed E-state index contributed by atoms with van der Waals surface area (Å²) >= 11 is 0. The summed E-state index contributed by atoms with van der Waals surface area (Å²) < 4.78 is 0. The zero-order valence-electron chi connectivity index (χ0n) is 13.1. The molecule has 2 N–H and O–H groups in total. The van der Waals surface area contributed by atoms with Crippen molar-refractivity contribution in [1.29, 1.82) is 0 Å². The monoisotopic (exact) mass is 265 g/mol. The second kappa shape index (κ2) is 6.70. The number of nitrogens with zero attached hydrogens (tertiary/aromatic N) is 4. The molecule has 0 unspecified atom stereocenters. The minimum Gasteiger partial charge on any atom is -0.383 e. The van der Waals surface area contributed by atoms with Crippen molar-refractivity contribution in [3.63, 3.8) is 0 Å². The maximum atomic E-state index is 5.96. The minimum atomic E-state index is 0.582. The highest BCUT2D eigenvalue weighted by Gasteiger charge is 2.15. The molecule has 1 aromatic rings. The second-order valence-electron chi connectivity index (χ2n) is 5.75. The fourth-order valence-electron chi connectivity index (χ4n) is 1.99. The van der Waals surface area contributed by atoms with Gasteiger partial charge in [0.2, 0.25) is 0 Å². The lowest BCUT2D eigenvalue weighted by Crippen LogP contribution is -2.35. The van der Waals surface area contributed by atoms with Crippen LogP contribution in [0.25, 0.3) is 0 Å². The maximum Gasteiger partial charge on any atom is 0.137 e. The van der Waals surface area contributed by atoms with E-state index >= 15 is 0 Å². The molecular weight excluding hydrogens is 238 g/mol. The molecule has 0 aliphatic carbocycles. The van der Waals surface area contributed by atoms with Crippen LogP contribution in [0.1, 0.15) is 25.2 Å². The number of nitrogens with two attached hydrogens (primary N) is 1. The van der Waals surface area contributed by atoms with Crippen LogP contribution in [0.3, 0.4) is 0 Å². The third kappa shape index (κ3) is 4.67. The van der Waals surface area contributed by atoms with E-state index in [9.17, 15) is 0 Å².